The van der Waals surface area contributed by atoms with Gasteiger partial charge in [-0.3, -0.25) is 14.4 Å². The van der Waals surface area contributed by atoms with Crippen molar-refractivity contribution in [3.05, 3.63) is 29.3 Å². The molecule has 238 valence electrons. The first-order valence-electron chi connectivity index (χ1n) is 15.3. The van der Waals surface area contributed by atoms with Gasteiger partial charge in [-0.25, -0.2) is 4.79 Å². The van der Waals surface area contributed by atoms with Crippen molar-refractivity contribution in [2.75, 3.05) is 19.7 Å². The molecule has 0 bridgehead atoms. The molecule has 0 aliphatic rings. The van der Waals surface area contributed by atoms with Crippen molar-refractivity contribution in [3.8, 4) is 5.75 Å². The van der Waals surface area contributed by atoms with Crippen LogP contribution in [0.1, 0.15) is 111 Å². The molecule has 3 unspecified atom stereocenters. The first kappa shape index (κ1) is 36.7. The van der Waals surface area contributed by atoms with Gasteiger partial charge in [0.2, 0.25) is 11.8 Å². The number of nitrogens with one attached hydrogen (secondary N) is 2. The van der Waals surface area contributed by atoms with E-state index in [-0.39, 0.29) is 37.8 Å². The summed E-state index contributed by atoms with van der Waals surface area (Å²) in [4.78, 5) is 54.4. The number of phenolic OH excluding ortho intramolecular Hbond substituents is 1. The van der Waals surface area contributed by atoms with Gasteiger partial charge in [0.15, 0.2) is 0 Å². The van der Waals surface area contributed by atoms with Gasteiger partial charge >= 0.3 is 12.1 Å². The fraction of sp³-hybridized carbons (Fsp3) is 0.688. The molecule has 0 aromatic heterocycles. The van der Waals surface area contributed by atoms with E-state index in [2.05, 4.69) is 17.6 Å². The number of nitrogens with zero attached hydrogens (tertiary/aromatic N) is 1. The van der Waals surface area contributed by atoms with Crippen molar-refractivity contribution >= 4 is 23.9 Å². The molecule has 3 amide bonds. The number of aromatic hydroxyl groups is 1. The van der Waals surface area contributed by atoms with E-state index in [0.717, 1.165) is 25.7 Å². The lowest BCUT2D eigenvalue weighted by molar-refractivity contribution is -0.145. The molecule has 1 rings (SSSR count). The van der Waals surface area contributed by atoms with E-state index in [1.807, 2.05) is 13.8 Å². The van der Waals surface area contributed by atoms with E-state index < -0.39 is 41.6 Å². The summed E-state index contributed by atoms with van der Waals surface area (Å²) in [5, 5.41) is 15.7. The quantitative estimate of drug-likeness (QED) is 0.160. The predicted octanol–water partition coefficient (Wildman–Crippen LogP) is 5.55. The van der Waals surface area contributed by atoms with Crippen LogP contribution in [-0.2, 0) is 23.9 Å². The van der Waals surface area contributed by atoms with Gasteiger partial charge in [0.25, 0.3) is 0 Å². The number of carbonyl (C=O) groups excluding carboxylic acids is 4. The van der Waals surface area contributed by atoms with E-state index in [9.17, 15) is 24.3 Å². The van der Waals surface area contributed by atoms with Crippen LogP contribution in [0.15, 0.2) is 18.2 Å². The molecule has 3 N–H and O–H groups in total. The lowest BCUT2D eigenvalue weighted by Gasteiger charge is -2.36. The number of aryl methyl sites for hydroxylation is 1. The normalized spacial score (nSPS) is 13.4. The maximum absolute atomic E-state index is 14.4. The number of alkyl carbamates (subject to hydrolysis) is 1. The molecule has 3 atom stereocenters. The molecule has 0 saturated carbocycles. The SMILES string of the molecule is CCCCCCCN(C(=O)C(NC(=O)OC(C)(C)C)C(C)CC)C(C(=O)NCCC(=O)OCC)c1ccc(O)c(C)c1. The molecule has 1 aromatic carbocycles. The summed E-state index contributed by atoms with van der Waals surface area (Å²) in [6.07, 6.45) is 4.55. The Morgan fingerprint density at radius 1 is 1.02 bits per heavy atom. The van der Waals surface area contributed by atoms with Crippen LogP contribution in [0.25, 0.3) is 0 Å². The lowest BCUT2D eigenvalue weighted by atomic mass is 9.95. The number of phenols is 1. The maximum atomic E-state index is 14.4. The van der Waals surface area contributed by atoms with Gasteiger partial charge < -0.3 is 30.1 Å². The summed E-state index contributed by atoms with van der Waals surface area (Å²) >= 11 is 0. The van der Waals surface area contributed by atoms with E-state index in [0.29, 0.717) is 24.0 Å². The second-order valence-corrected chi connectivity index (χ2v) is 11.7. The highest BCUT2D eigenvalue weighted by Crippen LogP contribution is 2.28. The average Bonchev–Trinajstić information content (AvgIpc) is 2.91. The number of benzene rings is 1. The molecule has 0 spiro atoms. The Labute approximate surface area is 251 Å². The fourth-order valence-corrected chi connectivity index (χ4v) is 4.49. The predicted molar refractivity (Wildman–Crippen MR) is 163 cm³/mol. The van der Waals surface area contributed by atoms with E-state index in [1.54, 1.807) is 46.8 Å². The van der Waals surface area contributed by atoms with Crippen molar-refractivity contribution in [1.29, 1.82) is 0 Å². The third kappa shape index (κ3) is 12.7. The highest BCUT2D eigenvalue weighted by molar-refractivity contribution is 5.92. The molecule has 0 heterocycles. The van der Waals surface area contributed by atoms with Gasteiger partial charge in [-0.1, -0.05) is 58.9 Å². The van der Waals surface area contributed by atoms with Gasteiger partial charge in [0, 0.05) is 13.1 Å². The minimum Gasteiger partial charge on any atom is -0.508 e. The molecule has 0 saturated heterocycles. The highest BCUT2D eigenvalue weighted by Gasteiger charge is 2.38. The first-order valence-corrected chi connectivity index (χ1v) is 15.3. The van der Waals surface area contributed by atoms with Crippen LogP contribution in [0, 0.1) is 12.8 Å². The summed E-state index contributed by atoms with van der Waals surface area (Å²) in [6, 6.07) is 2.81. The number of hydrogen-bond acceptors (Lipinski definition) is 7. The molecule has 0 aliphatic carbocycles. The zero-order valence-corrected chi connectivity index (χ0v) is 26.9. The molecule has 10 nitrogen and oxygen atoms in total. The largest absolute Gasteiger partial charge is 0.508 e. The molecular formula is C32H53N3O7. The lowest BCUT2D eigenvalue weighted by Crippen LogP contribution is -2.55. The third-order valence-corrected chi connectivity index (χ3v) is 6.97. The van der Waals surface area contributed by atoms with Crippen LogP contribution < -0.4 is 10.6 Å². The molecular weight excluding hydrogens is 538 g/mol. The Hall–Kier alpha value is -3.30. The summed E-state index contributed by atoms with van der Waals surface area (Å²) in [5.41, 5.74) is 0.315. The van der Waals surface area contributed by atoms with Gasteiger partial charge in [0.05, 0.1) is 13.0 Å². The van der Waals surface area contributed by atoms with Gasteiger partial charge in [0.1, 0.15) is 23.4 Å². The van der Waals surface area contributed by atoms with Crippen LogP contribution in [-0.4, -0.2) is 65.2 Å². The minimum absolute atomic E-state index is 0.0123. The van der Waals surface area contributed by atoms with Crippen molar-refractivity contribution in [3.63, 3.8) is 0 Å². The summed E-state index contributed by atoms with van der Waals surface area (Å²) in [7, 11) is 0. The van der Waals surface area contributed by atoms with Crippen LogP contribution >= 0.6 is 0 Å². The van der Waals surface area contributed by atoms with Gasteiger partial charge in [-0.2, -0.15) is 0 Å². The van der Waals surface area contributed by atoms with E-state index in [4.69, 9.17) is 9.47 Å². The second-order valence-electron chi connectivity index (χ2n) is 11.7. The average molecular weight is 592 g/mol. The number of rotatable bonds is 17. The van der Waals surface area contributed by atoms with Crippen LogP contribution in [0.5, 0.6) is 5.75 Å². The van der Waals surface area contributed by atoms with Crippen LogP contribution in [0.3, 0.4) is 0 Å². The Balaban J connectivity index is 3.52. The number of carbonyl (C=O) groups is 4. The van der Waals surface area contributed by atoms with E-state index >= 15 is 0 Å². The van der Waals surface area contributed by atoms with Crippen molar-refractivity contribution in [2.45, 2.75) is 118 Å². The molecule has 0 aliphatic heterocycles. The fourth-order valence-electron chi connectivity index (χ4n) is 4.49. The smallest absolute Gasteiger partial charge is 0.408 e. The Kier molecular flexibility index (Phi) is 16.0. The summed E-state index contributed by atoms with van der Waals surface area (Å²) in [5.74, 6) is -1.48. The zero-order valence-electron chi connectivity index (χ0n) is 26.9. The summed E-state index contributed by atoms with van der Waals surface area (Å²) < 4.78 is 10.4. The van der Waals surface area contributed by atoms with E-state index in [1.165, 1.54) is 11.0 Å². The Morgan fingerprint density at radius 3 is 2.26 bits per heavy atom. The molecule has 42 heavy (non-hydrogen) atoms. The third-order valence-electron chi connectivity index (χ3n) is 6.97. The topological polar surface area (TPSA) is 134 Å². The monoisotopic (exact) mass is 591 g/mol. The first-order chi connectivity index (χ1) is 19.7. The van der Waals surface area contributed by atoms with Crippen molar-refractivity contribution < 1.29 is 33.8 Å². The van der Waals surface area contributed by atoms with Crippen LogP contribution in [0.2, 0.25) is 0 Å². The molecule has 1 aromatic rings. The van der Waals surface area contributed by atoms with Crippen molar-refractivity contribution in [2.24, 2.45) is 5.92 Å². The number of amides is 3. The molecule has 10 heteroatoms. The Morgan fingerprint density at radius 2 is 1.69 bits per heavy atom. The minimum atomic E-state index is -1.06. The van der Waals surface area contributed by atoms with Gasteiger partial charge in [-0.05, 0) is 70.2 Å². The zero-order chi connectivity index (χ0) is 31.9. The standard InChI is InChI=1S/C32H53N3O7/c1-9-12-13-14-15-20-35(30(39)27(22(4)10-2)34-31(40)42-32(6,7)8)28(24-16-17-25(36)23(5)21-24)29(38)33-19-18-26(37)41-11-3/h16-17,21-22,27-28,36H,9-15,18-20H2,1-8H3,(H,33,38)(H,34,40). The number of hydrogen-bond donors (Lipinski definition) is 3. The molecule has 0 radical (unpaired) electrons. The summed E-state index contributed by atoms with van der Waals surface area (Å²) in [6.45, 7) is 15.2. The number of ether oxygens (including phenoxy) is 2. The number of esters is 1. The van der Waals surface area contributed by atoms with Gasteiger partial charge in [-0.15, -0.1) is 0 Å². The Bertz CT molecular complexity index is 1020. The number of unbranched alkanes of at least 4 members (excludes halogenated alkanes) is 4. The van der Waals surface area contributed by atoms with Crippen molar-refractivity contribution in [1.82, 2.24) is 15.5 Å². The van der Waals surface area contributed by atoms with Crippen LogP contribution in [0.4, 0.5) is 4.79 Å². The second kappa shape index (κ2) is 18.3. The highest BCUT2D eigenvalue weighted by atomic mass is 16.6. The maximum Gasteiger partial charge on any atom is 0.408 e. The molecule has 0 fully saturated rings.